The molecule has 0 aromatic heterocycles. The van der Waals surface area contributed by atoms with E-state index in [0.29, 0.717) is 0 Å². The molecule has 0 saturated heterocycles. The molecular weight excluding hydrogens is 214 g/mol. The first-order valence-corrected chi connectivity index (χ1v) is 6.44. The number of benzene rings is 2. The molecule has 0 bridgehead atoms. The molecule has 2 heteroatoms. The van der Waals surface area contributed by atoms with Crippen LogP contribution >= 0.6 is 11.8 Å². The second-order valence-corrected chi connectivity index (χ2v) is 5.83. The molecule has 2 N–H and O–H groups in total. The van der Waals surface area contributed by atoms with Crippen LogP contribution in [0.25, 0.3) is 10.8 Å². The Kier molecular flexibility index (Phi) is 3.22. The van der Waals surface area contributed by atoms with E-state index in [4.69, 9.17) is 5.73 Å². The standard InChI is InChI=1S/C14H17NS/c1-14(2,15)10-16-13-8-7-11-5-3-4-6-12(11)9-13/h3-9H,10,15H2,1-2H3. The molecule has 0 amide bonds. The summed E-state index contributed by atoms with van der Waals surface area (Å²) < 4.78 is 0. The molecule has 0 unspecified atom stereocenters. The van der Waals surface area contributed by atoms with Crippen molar-refractivity contribution in [1.82, 2.24) is 0 Å². The lowest BCUT2D eigenvalue weighted by atomic mass is 10.1. The van der Waals surface area contributed by atoms with Gasteiger partial charge in [-0.3, -0.25) is 0 Å². The third-order valence-electron chi connectivity index (χ3n) is 2.33. The Morgan fingerprint density at radius 3 is 2.44 bits per heavy atom. The van der Waals surface area contributed by atoms with Crippen LogP contribution < -0.4 is 5.73 Å². The summed E-state index contributed by atoms with van der Waals surface area (Å²) >= 11 is 1.82. The Bertz CT molecular complexity index is 485. The largest absolute Gasteiger partial charge is 0.325 e. The van der Waals surface area contributed by atoms with Gasteiger partial charge in [0, 0.05) is 16.2 Å². The van der Waals surface area contributed by atoms with Gasteiger partial charge in [-0.15, -0.1) is 11.8 Å². The molecule has 2 aromatic rings. The molecule has 0 atom stereocenters. The maximum Gasteiger partial charge on any atom is 0.0192 e. The van der Waals surface area contributed by atoms with Crippen LogP contribution in [0.4, 0.5) is 0 Å². The zero-order valence-corrected chi connectivity index (χ0v) is 10.6. The fourth-order valence-electron chi connectivity index (χ4n) is 1.53. The van der Waals surface area contributed by atoms with E-state index in [1.807, 2.05) is 11.8 Å². The van der Waals surface area contributed by atoms with Crippen molar-refractivity contribution in [3.63, 3.8) is 0 Å². The lowest BCUT2D eigenvalue weighted by Gasteiger charge is -2.17. The highest BCUT2D eigenvalue weighted by Gasteiger charge is 2.10. The Morgan fingerprint density at radius 2 is 1.75 bits per heavy atom. The summed E-state index contributed by atoms with van der Waals surface area (Å²) in [6, 6.07) is 15.0. The van der Waals surface area contributed by atoms with Gasteiger partial charge < -0.3 is 5.73 Å². The van der Waals surface area contributed by atoms with Crippen LogP contribution in [0.5, 0.6) is 0 Å². The number of fused-ring (bicyclic) bond motifs is 1. The molecule has 0 aliphatic rings. The van der Waals surface area contributed by atoms with Crippen LogP contribution in [0.1, 0.15) is 13.8 Å². The number of hydrogen-bond donors (Lipinski definition) is 1. The lowest BCUT2D eigenvalue weighted by molar-refractivity contribution is 0.591. The second kappa shape index (κ2) is 4.48. The Balaban J connectivity index is 2.20. The van der Waals surface area contributed by atoms with E-state index in [9.17, 15) is 0 Å². The first-order valence-electron chi connectivity index (χ1n) is 5.45. The first kappa shape index (κ1) is 11.5. The minimum atomic E-state index is -0.115. The third-order valence-corrected chi connectivity index (χ3v) is 3.81. The maximum atomic E-state index is 5.98. The van der Waals surface area contributed by atoms with E-state index in [1.54, 1.807) is 0 Å². The summed E-state index contributed by atoms with van der Waals surface area (Å²) in [5.41, 5.74) is 5.86. The molecule has 0 spiro atoms. The van der Waals surface area contributed by atoms with Crippen LogP contribution in [-0.4, -0.2) is 11.3 Å². The molecule has 0 aliphatic heterocycles. The maximum absolute atomic E-state index is 5.98. The molecule has 16 heavy (non-hydrogen) atoms. The van der Waals surface area contributed by atoms with Crippen molar-refractivity contribution in [2.24, 2.45) is 5.73 Å². The molecule has 2 aromatic carbocycles. The normalized spacial score (nSPS) is 11.9. The highest BCUT2D eigenvalue weighted by Crippen LogP contribution is 2.25. The van der Waals surface area contributed by atoms with Gasteiger partial charge in [-0.25, -0.2) is 0 Å². The van der Waals surface area contributed by atoms with Gasteiger partial charge in [-0.1, -0.05) is 30.3 Å². The van der Waals surface area contributed by atoms with Crippen molar-refractivity contribution in [3.05, 3.63) is 42.5 Å². The van der Waals surface area contributed by atoms with Gasteiger partial charge >= 0.3 is 0 Å². The SMILES string of the molecule is CC(C)(N)CSc1ccc2ccccc2c1. The molecule has 0 radical (unpaired) electrons. The van der Waals surface area contributed by atoms with Crippen LogP contribution in [-0.2, 0) is 0 Å². The lowest BCUT2D eigenvalue weighted by Crippen LogP contribution is -2.34. The summed E-state index contributed by atoms with van der Waals surface area (Å²) in [5, 5.41) is 2.58. The van der Waals surface area contributed by atoms with Crippen LogP contribution in [0.2, 0.25) is 0 Å². The van der Waals surface area contributed by atoms with Gasteiger partial charge in [0.1, 0.15) is 0 Å². The zero-order chi connectivity index (χ0) is 11.6. The topological polar surface area (TPSA) is 26.0 Å². The highest BCUT2D eigenvalue weighted by molar-refractivity contribution is 7.99. The third kappa shape index (κ3) is 3.00. The Morgan fingerprint density at radius 1 is 1.06 bits per heavy atom. The molecule has 0 heterocycles. The second-order valence-electron chi connectivity index (χ2n) is 4.79. The molecular formula is C14H17NS. The van der Waals surface area contributed by atoms with E-state index < -0.39 is 0 Å². The number of hydrogen-bond acceptors (Lipinski definition) is 2. The molecule has 0 aliphatic carbocycles. The quantitative estimate of drug-likeness (QED) is 0.816. The summed E-state index contributed by atoms with van der Waals surface area (Å²) in [6.07, 6.45) is 0. The predicted octanol–water partition coefficient (Wildman–Crippen LogP) is 3.67. The van der Waals surface area contributed by atoms with Gasteiger partial charge in [-0.2, -0.15) is 0 Å². The fraction of sp³-hybridized carbons (Fsp3) is 0.286. The zero-order valence-electron chi connectivity index (χ0n) is 9.73. The molecule has 0 saturated carbocycles. The molecule has 84 valence electrons. The van der Waals surface area contributed by atoms with Crippen molar-refractivity contribution in [2.75, 3.05) is 5.75 Å². The van der Waals surface area contributed by atoms with Gasteiger partial charge in [0.05, 0.1) is 0 Å². The van der Waals surface area contributed by atoms with Crippen molar-refractivity contribution in [1.29, 1.82) is 0 Å². The van der Waals surface area contributed by atoms with Gasteiger partial charge in [0.2, 0.25) is 0 Å². The van der Waals surface area contributed by atoms with E-state index >= 15 is 0 Å². The van der Waals surface area contributed by atoms with E-state index in [-0.39, 0.29) is 5.54 Å². The van der Waals surface area contributed by atoms with Crippen molar-refractivity contribution in [3.8, 4) is 0 Å². The van der Waals surface area contributed by atoms with Crippen LogP contribution in [0, 0.1) is 0 Å². The number of rotatable bonds is 3. The monoisotopic (exact) mass is 231 g/mol. The highest BCUT2D eigenvalue weighted by atomic mass is 32.2. The van der Waals surface area contributed by atoms with Gasteiger partial charge in [0.15, 0.2) is 0 Å². The van der Waals surface area contributed by atoms with Gasteiger partial charge in [-0.05, 0) is 36.8 Å². The number of thioether (sulfide) groups is 1. The molecule has 0 fully saturated rings. The molecule has 1 nitrogen and oxygen atoms in total. The van der Waals surface area contributed by atoms with E-state index in [1.165, 1.54) is 15.7 Å². The summed E-state index contributed by atoms with van der Waals surface area (Å²) in [5.74, 6) is 0.936. The van der Waals surface area contributed by atoms with E-state index in [2.05, 4.69) is 56.3 Å². The summed E-state index contributed by atoms with van der Waals surface area (Å²) in [6.45, 7) is 4.11. The average Bonchev–Trinajstić information content (AvgIpc) is 2.25. The smallest absolute Gasteiger partial charge is 0.0192 e. The minimum absolute atomic E-state index is 0.115. The Labute approximate surface area is 101 Å². The van der Waals surface area contributed by atoms with Crippen molar-refractivity contribution >= 4 is 22.5 Å². The number of nitrogens with two attached hydrogens (primary N) is 1. The Hall–Kier alpha value is -0.990. The van der Waals surface area contributed by atoms with E-state index in [0.717, 1.165) is 5.75 Å². The van der Waals surface area contributed by atoms with Crippen LogP contribution in [0.3, 0.4) is 0 Å². The van der Waals surface area contributed by atoms with Gasteiger partial charge in [0.25, 0.3) is 0 Å². The first-order chi connectivity index (χ1) is 7.54. The predicted molar refractivity (Wildman–Crippen MR) is 72.9 cm³/mol. The fourth-order valence-corrected chi connectivity index (χ4v) is 2.44. The van der Waals surface area contributed by atoms with Crippen molar-refractivity contribution < 1.29 is 0 Å². The average molecular weight is 231 g/mol. The van der Waals surface area contributed by atoms with Crippen molar-refractivity contribution in [2.45, 2.75) is 24.3 Å². The summed E-state index contributed by atoms with van der Waals surface area (Å²) in [4.78, 5) is 1.29. The van der Waals surface area contributed by atoms with Crippen LogP contribution in [0.15, 0.2) is 47.4 Å². The molecule has 2 rings (SSSR count). The summed E-state index contributed by atoms with van der Waals surface area (Å²) in [7, 11) is 0. The minimum Gasteiger partial charge on any atom is -0.325 e.